The molecular formula is C16H27N3. The van der Waals surface area contributed by atoms with Crippen molar-refractivity contribution in [2.75, 3.05) is 20.1 Å². The fourth-order valence-corrected chi connectivity index (χ4v) is 3.33. The molecular weight excluding hydrogens is 234 g/mol. The van der Waals surface area contributed by atoms with E-state index in [1.165, 1.54) is 31.2 Å². The van der Waals surface area contributed by atoms with E-state index >= 15 is 0 Å². The van der Waals surface area contributed by atoms with E-state index in [1.54, 1.807) is 0 Å². The van der Waals surface area contributed by atoms with E-state index < -0.39 is 0 Å². The molecule has 0 spiro atoms. The predicted molar refractivity (Wildman–Crippen MR) is 80.0 cm³/mol. The molecule has 1 aromatic heterocycles. The molecule has 0 radical (unpaired) electrons. The second-order valence-electron chi connectivity index (χ2n) is 5.97. The number of hydrogen-bond acceptors (Lipinski definition) is 3. The number of nitrogens with two attached hydrogens (primary N) is 1. The topological polar surface area (TPSA) is 42.1 Å². The summed E-state index contributed by atoms with van der Waals surface area (Å²) in [6, 6.07) is 4.21. The van der Waals surface area contributed by atoms with Crippen LogP contribution in [0.2, 0.25) is 0 Å². The summed E-state index contributed by atoms with van der Waals surface area (Å²) in [5.41, 5.74) is 7.71. The van der Waals surface area contributed by atoms with Crippen molar-refractivity contribution < 1.29 is 0 Å². The first-order valence-electron chi connectivity index (χ1n) is 7.50. The van der Waals surface area contributed by atoms with Gasteiger partial charge in [-0.2, -0.15) is 0 Å². The summed E-state index contributed by atoms with van der Waals surface area (Å²) in [6.45, 7) is 4.17. The molecule has 0 saturated heterocycles. The number of pyridine rings is 1. The molecule has 2 N–H and O–H groups in total. The van der Waals surface area contributed by atoms with E-state index in [9.17, 15) is 0 Å². The van der Waals surface area contributed by atoms with Gasteiger partial charge in [-0.25, -0.2) is 0 Å². The average Bonchev–Trinajstić information content (AvgIpc) is 2.91. The largest absolute Gasteiger partial charge is 0.329 e. The molecule has 1 saturated carbocycles. The van der Waals surface area contributed by atoms with Crippen LogP contribution in [0.15, 0.2) is 24.5 Å². The van der Waals surface area contributed by atoms with Gasteiger partial charge in [0, 0.05) is 31.0 Å². The van der Waals surface area contributed by atoms with Crippen LogP contribution < -0.4 is 5.73 Å². The van der Waals surface area contributed by atoms with Gasteiger partial charge in [0.15, 0.2) is 0 Å². The zero-order valence-electron chi connectivity index (χ0n) is 12.3. The Bertz CT molecular complexity index is 379. The SMILES string of the molecule is CCC1CCC(CN)(N(C)CCc2ccncc2)C1. The summed E-state index contributed by atoms with van der Waals surface area (Å²) in [5, 5.41) is 0. The molecule has 1 heterocycles. The molecule has 0 bridgehead atoms. The van der Waals surface area contributed by atoms with E-state index in [-0.39, 0.29) is 5.54 Å². The van der Waals surface area contributed by atoms with Crippen LogP contribution in [0.5, 0.6) is 0 Å². The van der Waals surface area contributed by atoms with E-state index in [0.29, 0.717) is 0 Å². The zero-order chi connectivity index (χ0) is 13.7. The Morgan fingerprint density at radius 3 is 2.74 bits per heavy atom. The maximum absolute atomic E-state index is 6.10. The van der Waals surface area contributed by atoms with Crippen LogP contribution in [0.3, 0.4) is 0 Å². The van der Waals surface area contributed by atoms with Crippen molar-refractivity contribution in [3.8, 4) is 0 Å². The Balaban J connectivity index is 1.92. The first kappa shape index (κ1) is 14.5. The van der Waals surface area contributed by atoms with E-state index in [4.69, 9.17) is 5.73 Å². The lowest BCUT2D eigenvalue weighted by Gasteiger charge is -2.38. The molecule has 106 valence electrons. The number of rotatable bonds is 6. The van der Waals surface area contributed by atoms with Crippen LogP contribution in [0.25, 0.3) is 0 Å². The molecule has 2 atom stereocenters. The monoisotopic (exact) mass is 261 g/mol. The van der Waals surface area contributed by atoms with Crippen molar-refractivity contribution in [1.29, 1.82) is 0 Å². The molecule has 1 aromatic rings. The highest BCUT2D eigenvalue weighted by Gasteiger charge is 2.40. The van der Waals surface area contributed by atoms with Gasteiger partial charge in [0.2, 0.25) is 0 Å². The minimum absolute atomic E-state index is 0.244. The highest BCUT2D eigenvalue weighted by atomic mass is 15.2. The predicted octanol–water partition coefficient (Wildman–Crippen LogP) is 2.46. The smallest absolute Gasteiger partial charge is 0.0331 e. The Morgan fingerprint density at radius 1 is 1.42 bits per heavy atom. The van der Waals surface area contributed by atoms with Crippen LogP contribution in [-0.4, -0.2) is 35.6 Å². The molecule has 1 fully saturated rings. The van der Waals surface area contributed by atoms with Crippen molar-refractivity contribution >= 4 is 0 Å². The second kappa shape index (κ2) is 6.49. The van der Waals surface area contributed by atoms with E-state index in [0.717, 1.165) is 25.4 Å². The van der Waals surface area contributed by atoms with Crippen LogP contribution >= 0.6 is 0 Å². The quantitative estimate of drug-likeness (QED) is 0.855. The lowest BCUT2D eigenvalue weighted by atomic mass is 9.93. The van der Waals surface area contributed by atoms with Crippen molar-refractivity contribution in [3.05, 3.63) is 30.1 Å². The molecule has 0 aliphatic heterocycles. The van der Waals surface area contributed by atoms with Gasteiger partial charge in [-0.1, -0.05) is 13.3 Å². The molecule has 0 amide bonds. The van der Waals surface area contributed by atoms with Crippen LogP contribution in [0.1, 0.15) is 38.2 Å². The van der Waals surface area contributed by atoms with Gasteiger partial charge in [0.1, 0.15) is 0 Å². The number of aromatic nitrogens is 1. The van der Waals surface area contributed by atoms with Gasteiger partial charge in [-0.05, 0) is 56.3 Å². The summed E-state index contributed by atoms with van der Waals surface area (Å²) in [7, 11) is 2.24. The summed E-state index contributed by atoms with van der Waals surface area (Å²) >= 11 is 0. The summed E-state index contributed by atoms with van der Waals surface area (Å²) in [4.78, 5) is 6.57. The highest BCUT2D eigenvalue weighted by molar-refractivity contribution is 5.10. The average molecular weight is 261 g/mol. The Kier molecular flexibility index (Phi) is 4.94. The number of hydrogen-bond donors (Lipinski definition) is 1. The fraction of sp³-hybridized carbons (Fsp3) is 0.688. The molecule has 2 rings (SSSR count). The minimum atomic E-state index is 0.244. The Labute approximate surface area is 117 Å². The summed E-state index contributed by atoms with van der Waals surface area (Å²) in [5.74, 6) is 0.868. The first-order valence-corrected chi connectivity index (χ1v) is 7.50. The maximum atomic E-state index is 6.10. The van der Waals surface area contributed by atoms with E-state index in [2.05, 4.69) is 36.0 Å². The molecule has 3 nitrogen and oxygen atoms in total. The standard InChI is InChI=1S/C16H27N3/c1-3-14-4-8-16(12-14,13-17)19(2)11-7-15-5-9-18-10-6-15/h5-6,9-10,14H,3-4,7-8,11-13,17H2,1-2H3. The number of nitrogens with zero attached hydrogens (tertiary/aromatic N) is 2. The van der Waals surface area contributed by atoms with E-state index in [1.807, 2.05) is 12.4 Å². The number of likely N-dealkylation sites (N-methyl/N-ethyl adjacent to an activating group) is 1. The van der Waals surface area contributed by atoms with Crippen molar-refractivity contribution in [2.24, 2.45) is 11.7 Å². The van der Waals surface area contributed by atoms with Crippen LogP contribution in [-0.2, 0) is 6.42 Å². The summed E-state index contributed by atoms with van der Waals surface area (Å²) < 4.78 is 0. The third-order valence-corrected chi connectivity index (χ3v) is 4.94. The molecule has 19 heavy (non-hydrogen) atoms. The molecule has 2 unspecified atom stereocenters. The highest BCUT2D eigenvalue weighted by Crippen LogP contribution is 2.39. The Morgan fingerprint density at radius 2 is 2.16 bits per heavy atom. The van der Waals surface area contributed by atoms with Crippen LogP contribution in [0, 0.1) is 5.92 Å². The van der Waals surface area contributed by atoms with Gasteiger partial charge in [0.25, 0.3) is 0 Å². The fourth-order valence-electron chi connectivity index (χ4n) is 3.33. The third kappa shape index (κ3) is 3.34. The minimum Gasteiger partial charge on any atom is -0.329 e. The zero-order valence-corrected chi connectivity index (χ0v) is 12.3. The summed E-state index contributed by atoms with van der Waals surface area (Å²) in [6.07, 6.45) is 9.99. The Hall–Kier alpha value is -0.930. The normalized spacial score (nSPS) is 27.1. The van der Waals surface area contributed by atoms with Gasteiger partial charge in [-0.3, -0.25) is 9.88 Å². The molecule has 1 aliphatic carbocycles. The second-order valence-corrected chi connectivity index (χ2v) is 5.97. The van der Waals surface area contributed by atoms with Gasteiger partial charge < -0.3 is 5.73 Å². The van der Waals surface area contributed by atoms with Crippen molar-refractivity contribution in [1.82, 2.24) is 9.88 Å². The van der Waals surface area contributed by atoms with Crippen molar-refractivity contribution in [2.45, 2.75) is 44.6 Å². The van der Waals surface area contributed by atoms with Gasteiger partial charge in [0.05, 0.1) is 0 Å². The van der Waals surface area contributed by atoms with Crippen LogP contribution in [0.4, 0.5) is 0 Å². The maximum Gasteiger partial charge on any atom is 0.0331 e. The van der Waals surface area contributed by atoms with Gasteiger partial charge in [-0.15, -0.1) is 0 Å². The lowest BCUT2D eigenvalue weighted by Crippen LogP contribution is -2.51. The molecule has 3 heteroatoms. The van der Waals surface area contributed by atoms with Crippen molar-refractivity contribution in [3.63, 3.8) is 0 Å². The molecule has 0 aromatic carbocycles. The molecule has 1 aliphatic rings. The third-order valence-electron chi connectivity index (χ3n) is 4.94. The first-order chi connectivity index (χ1) is 9.20. The van der Waals surface area contributed by atoms with Gasteiger partial charge >= 0.3 is 0 Å². The lowest BCUT2D eigenvalue weighted by molar-refractivity contribution is 0.128.